The Kier molecular flexibility index (Phi) is 5.97. The van der Waals surface area contributed by atoms with Gasteiger partial charge in [0.05, 0.1) is 13.2 Å². The first kappa shape index (κ1) is 20.5. The first-order chi connectivity index (χ1) is 15.2. The van der Waals surface area contributed by atoms with Crippen LogP contribution < -0.4 is 0 Å². The summed E-state index contributed by atoms with van der Waals surface area (Å²) < 4.78 is 7.80. The van der Waals surface area contributed by atoms with Crippen LogP contribution in [0.5, 0.6) is 0 Å². The predicted octanol–water partition coefficient (Wildman–Crippen LogP) is 6.01. The number of ether oxygens (including phenoxy) is 1. The Morgan fingerprint density at radius 3 is 2.35 bits per heavy atom. The molecule has 4 nitrogen and oxygen atoms in total. The molecule has 1 saturated heterocycles. The average Bonchev–Trinajstić information content (AvgIpc) is 3.16. The van der Waals surface area contributed by atoms with E-state index in [1.165, 1.54) is 5.52 Å². The van der Waals surface area contributed by atoms with E-state index in [2.05, 4.69) is 32.8 Å². The molecule has 1 aliphatic rings. The molecule has 5 rings (SSSR count). The predicted molar refractivity (Wildman–Crippen MR) is 128 cm³/mol. The molecule has 0 aliphatic carbocycles. The van der Waals surface area contributed by atoms with Crippen LogP contribution in [0, 0.1) is 0 Å². The Hall–Kier alpha value is -2.37. The summed E-state index contributed by atoms with van der Waals surface area (Å²) in [5.74, 6) is 0. The number of rotatable bonds is 5. The second-order valence-corrected chi connectivity index (χ2v) is 8.69. The van der Waals surface area contributed by atoms with Gasteiger partial charge in [-0.05, 0) is 42.0 Å². The summed E-state index contributed by atoms with van der Waals surface area (Å²) in [5.41, 5.74) is 5.55. The molecule has 2 aromatic heterocycles. The molecule has 0 N–H and O–H groups in total. The summed E-state index contributed by atoms with van der Waals surface area (Å²) in [6, 6.07) is 16.1. The monoisotopic (exact) mass is 451 g/mol. The number of morpholine rings is 1. The van der Waals surface area contributed by atoms with Crippen molar-refractivity contribution < 1.29 is 4.74 Å². The summed E-state index contributed by atoms with van der Waals surface area (Å²) in [6.45, 7) is 5.53. The van der Waals surface area contributed by atoms with Gasteiger partial charge in [-0.3, -0.25) is 9.88 Å². The maximum absolute atomic E-state index is 6.37. The normalized spacial score (nSPS) is 14.9. The molecular formula is C25H23Cl2N3O. The van der Waals surface area contributed by atoms with Crippen LogP contribution >= 0.6 is 23.2 Å². The molecule has 0 unspecified atom stereocenters. The van der Waals surface area contributed by atoms with E-state index >= 15 is 0 Å². The quantitative estimate of drug-likeness (QED) is 0.372. The van der Waals surface area contributed by atoms with Crippen LogP contribution in [0.4, 0.5) is 0 Å². The van der Waals surface area contributed by atoms with Crippen molar-refractivity contribution in [1.29, 1.82) is 0 Å². The van der Waals surface area contributed by atoms with E-state index in [0.29, 0.717) is 0 Å². The molecule has 0 spiro atoms. The number of nitrogens with zero attached hydrogens (tertiary/aromatic N) is 3. The first-order valence-corrected chi connectivity index (χ1v) is 11.2. The highest BCUT2D eigenvalue weighted by Gasteiger charge is 2.15. The number of pyridine rings is 1. The van der Waals surface area contributed by atoms with Gasteiger partial charge in [-0.1, -0.05) is 35.3 Å². The number of fused-ring (bicyclic) bond motifs is 1. The fourth-order valence-corrected chi connectivity index (χ4v) is 4.44. The second kappa shape index (κ2) is 9.01. The number of halogens is 2. The van der Waals surface area contributed by atoms with Gasteiger partial charge in [0.2, 0.25) is 0 Å². The Morgan fingerprint density at radius 1 is 0.806 bits per heavy atom. The minimum Gasteiger partial charge on any atom is -0.379 e. The summed E-state index contributed by atoms with van der Waals surface area (Å²) >= 11 is 12.4. The van der Waals surface area contributed by atoms with E-state index in [1.807, 2.05) is 48.8 Å². The van der Waals surface area contributed by atoms with E-state index < -0.39 is 0 Å². The summed E-state index contributed by atoms with van der Waals surface area (Å²) in [6.07, 6.45) is 6.03. The van der Waals surface area contributed by atoms with Crippen LogP contribution in [-0.2, 0) is 11.3 Å². The number of aromatic nitrogens is 2. The minimum atomic E-state index is 0.728. The summed E-state index contributed by atoms with van der Waals surface area (Å²) in [4.78, 5) is 6.97. The van der Waals surface area contributed by atoms with Crippen molar-refractivity contribution in [3.63, 3.8) is 0 Å². The molecule has 2 aromatic carbocycles. The van der Waals surface area contributed by atoms with Crippen LogP contribution in [0.1, 0.15) is 0 Å². The lowest BCUT2D eigenvalue weighted by molar-refractivity contribution is 0.0365. The lowest BCUT2D eigenvalue weighted by Crippen LogP contribution is -2.38. The van der Waals surface area contributed by atoms with Crippen molar-refractivity contribution in [2.45, 2.75) is 6.54 Å². The third-order valence-corrected chi connectivity index (χ3v) is 6.32. The topological polar surface area (TPSA) is 30.3 Å². The molecule has 3 heterocycles. The molecule has 1 fully saturated rings. The third kappa shape index (κ3) is 4.48. The van der Waals surface area contributed by atoms with E-state index in [4.69, 9.17) is 27.9 Å². The maximum Gasteiger partial charge on any atom is 0.0594 e. The Bertz CT molecular complexity index is 1200. The highest BCUT2D eigenvalue weighted by atomic mass is 35.5. The Labute approximate surface area is 192 Å². The van der Waals surface area contributed by atoms with Gasteiger partial charge in [-0.15, -0.1) is 0 Å². The van der Waals surface area contributed by atoms with Crippen LogP contribution in [-0.4, -0.2) is 47.3 Å². The zero-order valence-electron chi connectivity index (χ0n) is 17.1. The average molecular weight is 452 g/mol. The maximum atomic E-state index is 6.37. The lowest BCUT2D eigenvalue weighted by Gasteiger charge is -2.26. The molecule has 0 bridgehead atoms. The highest BCUT2D eigenvalue weighted by molar-refractivity contribution is 6.31. The van der Waals surface area contributed by atoms with Crippen molar-refractivity contribution in [3.8, 4) is 22.3 Å². The van der Waals surface area contributed by atoms with Gasteiger partial charge in [0, 0.05) is 82.4 Å². The molecular weight excluding hydrogens is 429 g/mol. The first-order valence-electron chi connectivity index (χ1n) is 10.5. The fraction of sp³-hybridized carbons (Fsp3) is 0.240. The summed E-state index contributed by atoms with van der Waals surface area (Å²) in [5, 5.41) is 2.61. The fourth-order valence-electron chi connectivity index (χ4n) is 4.15. The smallest absolute Gasteiger partial charge is 0.0594 e. The molecule has 6 heteroatoms. The van der Waals surface area contributed by atoms with Crippen molar-refractivity contribution in [3.05, 3.63) is 77.2 Å². The molecule has 1 aliphatic heterocycles. The molecule has 0 amide bonds. The standard InChI is InChI=1S/C25H23Cl2N3O/c26-21-3-1-18(2-4-21)19-13-20(16-28-15-19)24-17-30(8-7-29-9-11-31-12-10-29)25-6-5-22(27)14-23(24)25/h1-6,13-17H,7-12H2. The van der Waals surface area contributed by atoms with Crippen LogP contribution in [0.2, 0.25) is 10.0 Å². The Morgan fingerprint density at radius 2 is 1.55 bits per heavy atom. The lowest BCUT2D eigenvalue weighted by atomic mass is 10.0. The van der Waals surface area contributed by atoms with E-state index in [-0.39, 0.29) is 0 Å². The number of hydrogen-bond acceptors (Lipinski definition) is 3. The molecule has 4 aromatic rings. The highest BCUT2D eigenvalue weighted by Crippen LogP contribution is 2.34. The van der Waals surface area contributed by atoms with Gasteiger partial charge in [-0.2, -0.15) is 0 Å². The van der Waals surface area contributed by atoms with E-state index in [1.54, 1.807) is 0 Å². The van der Waals surface area contributed by atoms with Gasteiger partial charge >= 0.3 is 0 Å². The largest absolute Gasteiger partial charge is 0.379 e. The van der Waals surface area contributed by atoms with E-state index in [9.17, 15) is 0 Å². The van der Waals surface area contributed by atoms with Crippen molar-refractivity contribution >= 4 is 34.1 Å². The second-order valence-electron chi connectivity index (χ2n) is 7.82. The molecule has 158 valence electrons. The minimum absolute atomic E-state index is 0.728. The van der Waals surface area contributed by atoms with Gasteiger partial charge in [0.1, 0.15) is 0 Å². The Balaban J connectivity index is 1.51. The number of hydrogen-bond donors (Lipinski definition) is 0. The van der Waals surface area contributed by atoms with Crippen molar-refractivity contribution in [2.24, 2.45) is 0 Å². The van der Waals surface area contributed by atoms with Crippen LogP contribution in [0.25, 0.3) is 33.2 Å². The van der Waals surface area contributed by atoms with E-state index in [0.717, 1.165) is 77.1 Å². The summed E-state index contributed by atoms with van der Waals surface area (Å²) in [7, 11) is 0. The number of benzene rings is 2. The van der Waals surface area contributed by atoms with Gasteiger partial charge < -0.3 is 9.30 Å². The molecule has 0 radical (unpaired) electrons. The molecule has 0 saturated carbocycles. The SMILES string of the molecule is Clc1ccc(-c2cncc(-c3cn(CCN4CCOCC4)c4ccc(Cl)cc34)c2)cc1. The zero-order valence-corrected chi connectivity index (χ0v) is 18.6. The van der Waals surface area contributed by atoms with Crippen LogP contribution in [0.15, 0.2) is 67.1 Å². The van der Waals surface area contributed by atoms with Crippen molar-refractivity contribution in [2.75, 3.05) is 32.8 Å². The zero-order chi connectivity index (χ0) is 21.2. The molecule has 31 heavy (non-hydrogen) atoms. The van der Waals surface area contributed by atoms with Gasteiger partial charge in [0.25, 0.3) is 0 Å². The van der Waals surface area contributed by atoms with Gasteiger partial charge in [-0.25, -0.2) is 0 Å². The van der Waals surface area contributed by atoms with Gasteiger partial charge in [0.15, 0.2) is 0 Å². The van der Waals surface area contributed by atoms with Crippen molar-refractivity contribution in [1.82, 2.24) is 14.5 Å². The van der Waals surface area contributed by atoms with Crippen LogP contribution in [0.3, 0.4) is 0 Å². The third-order valence-electron chi connectivity index (χ3n) is 5.83. The molecule has 0 atom stereocenters.